The highest BCUT2D eigenvalue weighted by Gasteiger charge is 2.31. The summed E-state index contributed by atoms with van der Waals surface area (Å²) >= 11 is 0. The van der Waals surface area contributed by atoms with Gasteiger partial charge in [0, 0.05) is 214 Å². The number of carbonyl (C=O) groups excluding carboxylic acids is 13. The van der Waals surface area contributed by atoms with Crippen LogP contribution in [0.5, 0.6) is 0 Å². The highest BCUT2D eigenvalue weighted by atomic mass is 16.2. The van der Waals surface area contributed by atoms with E-state index in [-0.39, 0.29) is 214 Å². The van der Waals surface area contributed by atoms with E-state index < -0.39 is 35.8 Å². The summed E-state index contributed by atoms with van der Waals surface area (Å²) in [5.41, 5.74) is 61.4. The number of benzene rings is 8. The molecule has 0 radical (unpaired) electrons. The van der Waals surface area contributed by atoms with Gasteiger partial charge in [0.05, 0.1) is 6.04 Å². The molecule has 16 bridgehead atoms. The van der Waals surface area contributed by atoms with Crippen LogP contribution in [-0.2, 0) is 88.0 Å². The van der Waals surface area contributed by atoms with Gasteiger partial charge in [-0.25, -0.2) is 0 Å². The van der Waals surface area contributed by atoms with E-state index >= 15 is 0 Å². The third kappa shape index (κ3) is 36.7. The van der Waals surface area contributed by atoms with Gasteiger partial charge in [0.15, 0.2) is 0 Å². The minimum absolute atomic E-state index is 0.0248. The summed E-state index contributed by atoms with van der Waals surface area (Å²) in [7, 11) is 0. The third-order valence-electron chi connectivity index (χ3n) is 26.2. The molecule has 0 aliphatic carbocycles. The number of nitrogens with two attached hydrogens (primary N) is 8. The Kier molecular flexibility index (Phi) is 47.3. The molecule has 8 aromatic rings. The third-order valence-corrected chi connectivity index (χ3v) is 26.2. The lowest BCUT2D eigenvalue weighted by molar-refractivity contribution is -0.132. The molecule has 0 fully saturated rings. The van der Waals surface area contributed by atoms with Crippen LogP contribution < -0.4 is 106 Å². The molecule has 3 atom stereocenters. The molecule has 3 unspecified atom stereocenters. The summed E-state index contributed by atoms with van der Waals surface area (Å²) in [5, 5.41) is 11.3. The van der Waals surface area contributed by atoms with Crippen molar-refractivity contribution in [2.75, 3.05) is 144 Å². The van der Waals surface area contributed by atoms with Crippen LogP contribution in [0.2, 0.25) is 0 Å². The molecule has 13 amide bonds. The monoisotopic (exact) mass is 1990 g/mol. The summed E-state index contributed by atoms with van der Waals surface area (Å²) in [6.07, 6.45) is 9.24. The normalized spacial score (nSPS) is 14.6. The van der Waals surface area contributed by atoms with Gasteiger partial charge < -0.3 is 106 Å². The number of anilines is 8. The van der Waals surface area contributed by atoms with Crippen LogP contribution in [0.25, 0.3) is 0 Å². The Bertz CT molecular complexity index is 5480. The second-order valence-electron chi connectivity index (χ2n) is 37.9. The molecule has 33 heteroatoms. The number of primary amides is 1. The lowest BCUT2D eigenvalue weighted by Crippen LogP contribution is -2.55. The second kappa shape index (κ2) is 60.4. The van der Waals surface area contributed by atoms with E-state index in [4.69, 9.17) is 45.9 Å². The van der Waals surface area contributed by atoms with E-state index in [0.29, 0.717) is 165 Å². The van der Waals surface area contributed by atoms with Gasteiger partial charge in [-0.1, -0.05) is 111 Å². The molecule has 8 aromatic carbocycles. The average molecular weight is 1990 g/mol. The van der Waals surface area contributed by atoms with Crippen LogP contribution in [0.15, 0.2) is 194 Å². The van der Waals surface area contributed by atoms with E-state index in [9.17, 15) is 62.3 Å². The summed E-state index contributed by atoms with van der Waals surface area (Å²) < 4.78 is 0. The van der Waals surface area contributed by atoms with E-state index in [1.54, 1.807) is 39.2 Å². The summed E-state index contributed by atoms with van der Waals surface area (Å²) in [5.74, 6) is -3.98. The van der Waals surface area contributed by atoms with Gasteiger partial charge in [-0.05, 0) is 269 Å². The first-order valence-electron chi connectivity index (χ1n) is 51.7. The number of amides is 13. The summed E-state index contributed by atoms with van der Waals surface area (Å²) in [4.78, 5) is 193. The molecule has 33 nitrogen and oxygen atoms in total. The number of hydrogen-bond donors (Lipinski definition) is 12. The molecule has 14 aliphatic rings. The van der Waals surface area contributed by atoms with Crippen LogP contribution >= 0.6 is 0 Å². The maximum absolute atomic E-state index is 14.6. The number of nitrogens with one attached hydrogen (secondary N) is 4. The molecule has 20 N–H and O–H groups in total. The highest BCUT2D eigenvalue weighted by molar-refractivity contribution is 6.00. The Morgan fingerprint density at radius 2 is 0.462 bits per heavy atom. The lowest BCUT2D eigenvalue weighted by Gasteiger charge is -2.26. The molecule has 0 aromatic heterocycles. The predicted octanol–water partition coefficient (Wildman–Crippen LogP) is 10.0. The minimum Gasteiger partial charge on any atom is -0.368 e. The topological polar surface area (TPSA) is 504 Å². The van der Waals surface area contributed by atoms with E-state index in [2.05, 4.69) is 21.3 Å². The van der Waals surface area contributed by atoms with Gasteiger partial charge in [-0.15, -0.1) is 0 Å². The van der Waals surface area contributed by atoms with Crippen LogP contribution in [0.4, 0.5) is 45.5 Å². The Balaban J connectivity index is 0.731. The van der Waals surface area contributed by atoms with E-state index in [1.807, 2.05) is 208 Å². The van der Waals surface area contributed by atoms with Gasteiger partial charge in [0.2, 0.25) is 76.8 Å². The Morgan fingerprint density at radius 3 is 0.662 bits per heavy atom. The first kappa shape index (κ1) is 114. The van der Waals surface area contributed by atoms with Gasteiger partial charge in [0.25, 0.3) is 0 Å². The quantitative estimate of drug-likeness (QED) is 0.0164. The van der Waals surface area contributed by atoms with Gasteiger partial charge in [0.1, 0.15) is 12.1 Å². The van der Waals surface area contributed by atoms with E-state index in [0.717, 1.165) is 67.3 Å². The average Bonchev–Trinajstić information content (AvgIpc) is 0.839. The Labute approximate surface area is 853 Å². The molecular weight excluding hydrogens is 1830 g/mol. The number of hydrogen-bond acceptors (Lipinski definition) is 20. The molecular formula is C112H152N20O13. The highest BCUT2D eigenvalue weighted by Crippen LogP contribution is 2.31. The SMILES string of the molecule is CC(C)CC(NC(=O)C(CCCCNC(=O)CCC(=O)N1CCCCN(C(=O)CCN)c2ccc(cc2)Cc2ccc(cc2)N(C(=O)CCN)CCCCN(C(=O)CCN)c2ccc(cc2)Cc2ccc1cc2)NC(=O)C(N)CCCCNC(=O)CCC(=O)N1CCCCN(C(=O)CCN)c2ccc(cc2)Cc2ccc(cc2)N(C(=O)CCN)CCCCN(C(=O)CCN)c2ccc(cc2)Cc2ccc1cc2)C(N)=O. The van der Waals surface area contributed by atoms with Crippen molar-refractivity contribution in [1.29, 1.82) is 0 Å². The first-order chi connectivity index (χ1) is 70.2. The van der Waals surface area contributed by atoms with Crippen molar-refractivity contribution >= 4 is 122 Å². The Morgan fingerprint density at radius 1 is 0.262 bits per heavy atom. The summed E-state index contributed by atoms with van der Waals surface area (Å²) in [6.45, 7) is 8.21. The standard InChI is InChI=1S/C112H152N20O13/c1-80(2)75-99(110(120)143)124-112(145)98(16-4-6-66-122-101(134)50-52-103(136)126-68-8-10-70-128(105(138)54-60-114)92-39-27-86(28-40-92)79-88-31-47-96(48-32-88)132(109(142)58-64-118)74-14-12-72-130(107(140)56-62-116)94-43-23-84(24-44-94)77-82-19-35-90(126)36-20-82)123-111(144)97(119)15-3-5-65-121-100(133)49-51-102(135)125-67-7-9-69-127(104(137)53-59-113)91-37-25-85(26-38-91)78-87-29-45-95(46-30-87)131(108(141)57-63-117)73-13-11-71-129(106(139)55-61-115)93-41-21-83(22-42-93)76-81-17-33-89(125)34-18-81/h17-48,80,97-99H,3-16,49-79,113-119H2,1-2H3,(H2,120,143)(H,121,133)(H,122,134)(H,123,144)(H,124,145). The minimum atomic E-state index is -1.15. The molecule has 14 heterocycles. The molecule has 0 saturated carbocycles. The van der Waals surface area contributed by atoms with Gasteiger partial charge in [-0.3, -0.25) is 62.3 Å². The number of carbonyl (C=O) groups is 13. The maximum Gasteiger partial charge on any atom is 0.243 e. The molecule has 22 rings (SSSR count). The fourth-order valence-corrected chi connectivity index (χ4v) is 18.2. The molecule has 778 valence electrons. The van der Waals surface area contributed by atoms with Crippen LogP contribution in [-0.4, -0.2) is 200 Å². The molecule has 145 heavy (non-hydrogen) atoms. The van der Waals surface area contributed by atoms with Gasteiger partial charge >= 0.3 is 0 Å². The molecule has 0 spiro atoms. The fraction of sp³-hybridized carbons (Fsp3) is 0.455. The van der Waals surface area contributed by atoms with Crippen molar-refractivity contribution in [2.45, 2.75) is 218 Å². The zero-order valence-corrected chi connectivity index (χ0v) is 84.6. The first-order valence-corrected chi connectivity index (χ1v) is 51.7. The number of rotatable bonds is 35. The van der Waals surface area contributed by atoms with Crippen LogP contribution in [0.3, 0.4) is 0 Å². The Hall–Kier alpha value is -13.4. The van der Waals surface area contributed by atoms with Crippen molar-refractivity contribution in [1.82, 2.24) is 21.3 Å². The molecule has 0 saturated heterocycles. The molecule has 14 aliphatic heterocycles. The van der Waals surface area contributed by atoms with Crippen molar-refractivity contribution in [3.8, 4) is 0 Å². The van der Waals surface area contributed by atoms with Crippen molar-refractivity contribution < 1.29 is 62.3 Å². The fourth-order valence-electron chi connectivity index (χ4n) is 18.2. The zero-order valence-electron chi connectivity index (χ0n) is 84.6. The largest absolute Gasteiger partial charge is 0.368 e. The smallest absolute Gasteiger partial charge is 0.243 e. The lowest BCUT2D eigenvalue weighted by atomic mass is 10.0. The number of nitrogens with zero attached hydrogens (tertiary/aromatic N) is 8. The van der Waals surface area contributed by atoms with Crippen molar-refractivity contribution in [3.63, 3.8) is 0 Å². The van der Waals surface area contributed by atoms with Crippen LogP contribution in [0.1, 0.15) is 219 Å². The van der Waals surface area contributed by atoms with Crippen molar-refractivity contribution in [3.05, 3.63) is 239 Å². The van der Waals surface area contributed by atoms with Gasteiger partial charge in [-0.2, -0.15) is 0 Å². The second-order valence-corrected chi connectivity index (χ2v) is 37.9. The van der Waals surface area contributed by atoms with Crippen LogP contribution in [0, 0.1) is 5.92 Å². The summed E-state index contributed by atoms with van der Waals surface area (Å²) in [6, 6.07) is 59.2. The zero-order chi connectivity index (χ0) is 104. The maximum atomic E-state index is 14.6. The number of unbranched alkanes of at least 4 members (excludes halogenated alkanes) is 2. The van der Waals surface area contributed by atoms with E-state index in [1.165, 1.54) is 0 Å². The predicted molar refractivity (Wildman–Crippen MR) is 573 cm³/mol. The van der Waals surface area contributed by atoms with Crippen molar-refractivity contribution in [2.24, 2.45) is 51.8 Å².